The average Bonchev–Trinajstić information content (AvgIpc) is 2.01. The molecule has 0 aromatic carbocycles. The predicted molar refractivity (Wildman–Crippen MR) is 48.5 cm³/mol. The van der Waals surface area contributed by atoms with Crippen molar-refractivity contribution in [3.63, 3.8) is 0 Å². The molecule has 0 aromatic rings. The van der Waals surface area contributed by atoms with Gasteiger partial charge in [-0.3, -0.25) is 4.79 Å². The summed E-state index contributed by atoms with van der Waals surface area (Å²) < 4.78 is 15.1. The second-order valence-corrected chi connectivity index (χ2v) is 3.02. The molecule has 0 aliphatic heterocycles. The zero-order chi connectivity index (χ0) is 10.3. The van der Waals surface area contributed by atoms with E-state index < -0.39 is 0 Å². The molecule has 0 aliphatic rings. The van der Waals surface area contributed by atoms with Gasteiger partial charge >= 0.3 is 5.97 Å². The number of rotatable bonds is 6. The van der Waals surface area contributed by atoms with Gasteiger partial charge in [0.2, 0.25) is 0 Å². The lowest BCUT2D eigenvalue weighted by Crippen LogP contribution is -2.25. The molecule has 2 unspecified atom stereocenters. The molecular formula is C9H18O4. The minimum atomic E-state index is -0.283. The largest absolute Gasteiger partial charge is 0.463 e. The van der Waals surface area contributed by atoms with E-state index in [2.05, 4.69) is 0 Å². The lowest BCUT2D eigenvalue weighted by Gasteiger charge is -2.17. The maximum Gasteiger partial charge on any atom is 0.302 e. The van der Waals surface area contributed by atoms with Crippen molar-refractivity contribution in [3.05, 3.63) is 0 Å². The molecule has 0 radical (unpaired) electrons. The molecule has 13 heavy (non-hydrogen) atoms. The third-order valence-corrected chi connectivity index (χ3v) is 1.39. The quantitative estimate of drug-likeness (QED) is 0.586. The van der Waals surface area contributed by atoms with E-state index >= 15 is 0 Å². The van der Waals surface area contributed by atoms with E-state index in [1.165, 1.54) is 6.92 Å². The first kappa shape index (κ1) is 12.4. The van der Waals surface area contributed by atoms with Gasteiger partial charge in [-0.05, 0) is 13.8 Å². The summed E-state index contributed by atoms with van der Waals surface area (Å²) in [5.74, 6) is -0.283. The molecular weight excluding hydrogens is 172 g/mol. The Kier molecular flexibility index (Phi) is 6.54. The van der Waals surface area contributed by atoms with Crippen LogP contribution in [0.5, 0.6) is 0 Å². The molecule has 0 bridgehead atoms. The summed E-state index contributed by atoms with van der Waals surface area (Å²) in [7, 11) is 1.62. The molecule has 0 aromatic heterocycles. The van der Waals surface area contributed by atoms with Gasteiger partial charge in [0.25, 0.3) is 0 Å². The van der Waals surface area contributed by atoms with Gasteiger partial charge in [0, 0.05) is 14.0 Å². The Hall–Kier alpha value is -0.610. The van der Waals surface area contributed by atoms with Gasteiger partial charge < -0.3 is 14.2 Å². The monoisotopic (exact) mass is 190 g/mol. The normalized spacial score (nSPS) is 15.1. The number of ether oxygens (including phenoxy) is 3. The second kappa shape index (κ2) is 6.86. The van der Waals surface area contributed by atoms with Crippen molar-refractivity contribution in [2.75, 3.05) is 20.3 Å². The fraction of sp³-hybridized carbons (Fsp3) is 0.889. The van der Waals surface area contributed by atoms with Crippen LogP contribution in [0.1, 0.15) is 20.8 Å². The molecule has 2 atom stereocenters. The molecule has 0 fully saturated rings. The number of carbonyl (C=O) groups excluding carboxylic acids is 1. The number of hydrogen-bond donors (Lipinski definition) is 0. The van der Waals surface area contributed by atoms with E-state index in [4.69, 9.17) is 14.2 Å². The van der Waals surface area contributed by atoms with Crippen LogP contribution in [0.25, 0.3) is 0 Å². The van der Waals surface area contributed by atoms with Crippen LogP contribution in [0, 0.1) is 0 Å². The maximum atomic E-state index is 10.5. The summed E-state index contributed by atoms with van der Waals surface area (Å²) in [4.78, 5) is 10.5. The topological polar surface area (TPSA) is 44.8 Å². The molecule has 0 saturated heterocycles. The summed E-state index contributed by atoms with van der Waals surface area (Å²) >= 11 is 0. The van der Waals surface area contributed by atoms with Gasteiger partial charge in [0.15, 0.2) is 0 Å². The van der Waals surface area contributed by atoms with Crippen LogP contribution in [0.4, 0.5) is 0 Å². The molecule has 78 valence electrons. The van der Waals surface area contributed by atoms with Crippen LogP contribution in [0.3, 0.4) is 0 Å². The summed E-state index contributed by atoms with van der Waals surface area (Å²) in [6.07, 6.45) is -0.0652. The van der Waals surface area contributed by atoms with Crippen molar-refractivity contribution in [1.82, 2.24) is 0 Å². The number of hydrogen-bond acceptors (Lipinski definition) is 4. The number of esters is 1. The van der Waals surface area contributed by atoms with E-state index in [1.807, 2.05) is 13.8 Å². The predicted octanol–water partition coefficient (Wildman–Crippen LogP) is 0.990. The van der Waals surface area contributed by atoms with Crippen LogP contribution >= 0.6 is 0 Å². The van der Waals surface area contributed by atoms with Crippen molar-refractivity contribution in [2.45, 2.75) is 33.0 Å². The van der Waals surface area contributed by atoms with Crippen LogP contribution in [0.2, 0.25) is 0 Å². The molecule has 0 aliphatic carbocycles. The van der Waals surface area contributed by atoms with Crippen molar-refractivity contribution >= 4 is 5.97 Å². The van der Waals surface area contributed by atoms with Crippen molar-refractivity contribution in [2.24, 2.45) is 0 Å². The van der Waals surface area contributed by atoms with E-state index in [0.717, 1.165) is 0 Å². The smallest absolute Gasteiger partial charge is 0.302 e. The Morgan fingerprint density at radius 2 is 1.77 bits per heavy atom. The summed E-state index contributed by atoms with van der Waals surface area (Å²) in [6, 6.07) is 0. The third kappa shape index (κ3) is 7.74. The first-order valence-electron chi connectivity index (χ1n) is 4.34. The Labute approximate surface area is 79.2 Å². The minimum absolute atomic E-state index is 0.0237. The van der Waals surface area contributed by atoms with Crippen LogP contribution in [-0.2, 0) is 19.0 Å². The SMILES string of the molecule is COCC(C)OC(C)COC(C)=O. The number of carbonyl (C=O) groups is 1. The van der Waals surface area contributed by atoms with Crippen molar-refractivity contribution in [3.8, 4) is 0 Å². The molecule has 0 saturated carbocycles. The average molecular weight is 190 g/mol. The Morgan fingerprint density at radius 3 is 2.23 bits per heavy atom. The summed E-state index contributed by atoms with van der Waals surface area (Å²) in [5, 5.41) is 0. The van der Waals surface area contributed by atoms with Gasteiger partial charge in [-0.15, -0.1) is 0 Å². The van der Waals surface area contributed by atoms with E-state index in [1.54, 1.807) is 7.11 Å². The van der Waals surface area contributed by atoms with Crippen LogP contribution in [0.15, 0.2) is 0 Å². The number of methoxy groups -OCH3 is 1. The molecule has 4 nitrogen and oxygen atoms in total. The van der Waals surface area contributed by atoms with Gasteiger partial charge in [0.1, 0.15) is 6.61 Å². The maximum absolute atomic E-state index is 10.5. The highest BCUT2D eigenvalue weighted by Gasteiger charge is 2.09. The highest BCUT2D eigenvalue weighted by molar-refractivity contribution is 5.65. The fourth-order valence-electron chi connectivity index (χ4n) is 0.945. The zero-order valence-corrected chi connectivity index (χ0v) is 8.70. The molecule has 0 heterocycles. The van der Waals surface area contributed by atoms with E-state index in [-0.39, 0.29) is 18.2 Å². The highest BCUT2D eigenvalue weighted by Crippen LogP contribution is 1.99. The summed E-state index contributed by atoms with van der Waals surface area (Å²) in [6.45, 7) is 5.99. The molecule has 4 heteroatoms. The standard InChI is InChI=1S/C9H18O4/c1-7(5-11-4)13-8(2)6-12-9(3)10/h7-8H,5-6H2,1-4H3. The molecule has 0 spiro atoms. The van der Waals surface area contributed by atoms with E-state index in [0.29, 0.717) is 13.2 Å². The van der Waals surface area contributed by atoms with Crippen LogP contribution < -0.4 is 0 Å². The highest BCUT2D eigenvalue weighted by atomic mass is 16.6. The van der Waals surface area contributed by atoms with Crippen LogP contribution in [-0.4, -0.2) is 38.5 Å². The first-order chi connectivity index (χ1) is 6.06. The molecule has 0 amide bonds. The van der Waals surface area contributed by atoms with Gasteiger partial charge in [-0.25, -0.2) is 0 Å². The lowest BCUT2D eigenvalue weighted by atomic mass is 10.4. The Balaban J connectivity index is 3.48. The molecule has 0 rings (SSSR count). The van der Waals surface area contributed by atoms with Gasteiger partial charge in [0.05, 0.1) is 18.8 Å². The lowest BCUT2D eigenvalue weighted by molar-refractivity contribution is -0.146. The summed E-state index contributed by atoms with van der Waals surface area (Å²) in [5.41, 5.74) is 0. The first-order valence-corrected chi connectivity index (χ1v) is 4.34. The zero-order valence-electron chi connectivity index (χ0n) is 8.70. The fourth-order valence-corrected chi connectivity index (χ4v) is 0.945. The minimum Gasteiger partial charge on any atom is -0.463 e. The molecule has 0 N–H and O–H groups in total. The van der Waals surface area contributed by atoms with Crippen molar-refractivity contribution in [1.29, 1.82) is 0 Å². The van der Waals surface area contributed by atoms with Gasteiger partial charge in [-0.1, -0.05) is 0 Å². The van der Waals surface area contributed by atoms with E-state index in [9.17, 15) is 4.79 Å². The van der Waals surface area contributed by atoms with Crippen molar-refractivity contribution < 1.29 is 19.0 Å². The third-order valence-electron chi connectivity index (χ3n) is 1.39. The Bertz CT molecular complexity index is 147. The second-order valence-electron chi connectivity index (χ2n) is 3.02. The Morgan fingerprint density at radius 1 is 1.23 bits per heavy atom. The van der Waals surface area contributed by atoms with Gasteiger partial charge in [-0.2, -0.15) is 0 Å².